The summed E-state index contributed by atoms with van der Waals surface area (Å²) in [7, 11) is 1.61. The molecule has 2 heterocycles. The highest BCUT2D eigenvalue weighted by Gasteiger charge is 2.38. The van der Waals surface area contributed by atoms with Crippen LogP contribution in [0, 0.1) is 25.5 Å². The van der Waals surface area contributed by atoms with Gasteiger partial charge in [-0.2, -0.15) is 13.2 Å². The Hall–Kier alpha value is -4.88. The summed E-state index contributed by atoms with van der Waals surface area (Å²) in [6.07, 6.45) is -3.96. The van der Waals surface area contributed by atoms with E-state index < -0.39 is 59.4 Å². The minimum Gasteiger partial charge on any atom is -0.480 e. The maximum Gasteiger partial charge on any atom is 0.408 e. The van der Waals surface area contributed by atoms with Gasteiger partial charge in [-0.1, -0.05) is 25.1 Å². The minimum atomic E-state index is -4.69. The van der Waals surface area contributed by atoms with Crippen LogP contribution < -0.4 is 16.2 Å². The third-order valence-corrected chi connectivity index (χ3v) is 7.37. The first kappa shape index (κ1) is 32.0. The van der Waals surface area contributed by atoms with E-state index >= 15 is 0 Å². The summed E-state index contributed by atoms with van der Waals surface area (Å²) < 4.78 is 70.3. The number of aliphatic carboxylic acids is 1. The number of carbonyl (C=O) groups excluding carboxylic acids is 1. The number of hydrogen-bond donors (Lipinski definition) is 3. The molecule has 2 unspecified atom stereocenters. The number of alkyl halides is 3. The van der Waals surface area contributed by atoms with Crippen LogP contribution in [0.1, 0.15) is 40.7 Å². The number of fused-ring (bicyclic) bond motifs is 1. The summed E-state index contributed by atoms with van der Waals surface area (Å²) in [6, 6.07) is 3.65. The second-order valence-corrected chi connectivity index (χ2v) is 10.2. The molecule has 0 aliphatic rings. The molecule has 0 spiro atoms. The molecule has 0 saturated heterocycles. The standard InChI is InChI=1S/C30H28F5N5O4/c1-5-23(30(33,34)35)38-17-12-20(31)24(21(32)13-17)27(41)39-22(29(43)44)11-16-8-9-19(25-18(16)7-6-10-36-25)26-28(42)40(4)15(3)14(2)37-26/h6-10,12-13,22-23,38H,5,11H2,1-4H3,(H,39,41)(H,43,44). The highest BCUT2D eigenvalue weighted by atomic mass is 19.4. The molecule has 44 heavy (non-hydrogen) atoms. The number of pyridine rings is 1. The van der Waals surface area contributed by atoms with Gasteiger partial charge in [-0.15, -0.1) is 0 Å². The van der Waals surface area contributed by atoms with Crippen LogP contribution in [-0.2, 0) is 18.3 Å². The van der Waals surface area contributed by atoms with Gasteiger partial charge in [0.2, 0.25) is 0 Å². The normalized spacial score (nSPS) is 13.0. The van der Waals surface area contributed by atoms with Crippen molar-refractivity contribution in [1.29, 1.82) is 0 Å². The van der Waals surface area contributed by atoms with Gasteiger partial charge in [0.1, 0.15) is 35.0 Å². The molecule has 0 fully saturated rings. The van der Waals surface area contributed by atoms with Gasteiger partial charge in [0.15, 0.2) is 0 Å². The molecule has 2 aromatic carbocycles. The fraction of sp³-hybridized carbons (Fsp3) is 0.300. The van der Waals surface area contributed by atoms with Crippen LogP contribution in [0.25, 0.3) is 22.2 Å². The zero-order chi connectivity index (χ0) is 32.5. The van der Waals surface area contributed by atoms with Gasteiger partial charge in [-0.25, -0.2) is 18.6 Å². The molecule has 1 amide bonds. The van der Waals surface area contributed by atoms with E-state index in [0.717, 1.165) is 0 Å². The van der Waals surface area contributed by atoms with Crippen molar-refractivity contribution in [3.8, 4) is 11.3 Å². The number of carboxylic acids is 1. The van der Waals surface area contributed by atoms with Crippen LogP contribution >= 0.6 is 0 Å². The Morgan fingerprint density at radius 1 is 1.09 bits per heavy atom. The summed E-state index contributed by atoms with van der Waals surface area (Å²) >= 11 is 0. The number of carboxylic acid groups (broad SMARTS) is 1. The van der Waals surface area contributed by atoms with Crippen molar-refractivity contribution in [1.82, 2.24) is 19.9 Å². The molecule has 0 bridgehead atoms. The van der Waals surface area contributed by atoms with Gasteiger partial charge >= 0.3 is 12.1 Å². The highest BCUT2D eigenvalue weighted by molar-refractivity contribution is 5.98. The predicted octanol–water partition coefficient (Wildman–Crippen LogP) is 5.07. The van der Waals surface area contributed by atoms with Crippen molar-refractivity contribution in [2.24, 2.45) is 7.05 Å². The van der Waals surface area contributed by atoms with E-state index in [1.165, 1.54) is 17.7 Å². The van der Waals surface area contributed by atoms with Crippen LogP contribution in [0.4, 0.5) is 27.6 Å². The molecule has 0 aliphatic heterocycles. The summed E-state index contributed by atoms with van der Waals surface area (Å²) in [5, 5.41) is 14.4. The smallest absolute Gasteiger partial charge is 0.408 e. The third-order valence-electron chi connectivity index (χ3n) is 7.37. The van der Waals surface area contributed by atoms with Crippen molar-refractivity contribution in [3.63, 3.8) is 0 Å². The SMILES string of the molecule is CCC(Nc1cc(F)c(C(=O)NC(Cc2ccc(-c3nc(C)c(C)n(C)c3=O)c3ncccc23)C(=O)O)c(F)c1)C(F)(F)F. The summed E-state index contributed by atoms with van der Waals surface area (Å²) in [5.74, 6) is -5.89. The van der Waals surface area contributed by atoms with Gasteiger partial charge in [-0.3, -0.25) is 14.6 Å². The summed E-state index contributed by atoms with van der Waals surface area (Å²) in [4.78, 5) is 46.8. The molecule has 2 aromatic heterocycles. The van der Waals surface area contributed by atoms with E-state index in [1.807, 2.05) is 5.32 Å². The highest BCUT2D eigenvalue weighted by Crippen LogP contribution is 2.29. The number of benzene rings is 2. The Labute approximate surface area is 247 Å². The van der Waals surface area contributed by atoms with Gasteiger partial charge in [0.25, 0.3) is 11.5 Å². The van der Waals surface area contributed by atoms with Gasteiger partial charge in [0.05, 0.1) is 11.2 Å². The number of carbonyl (C=O) groups is 2. The molecule has 14 heteroatoms. The number of nitrogens with zero attached hydrogens (tertiary/aromatic N) is 3. The van der Waals surface area contributed by atoms with Gasteiger partial charge < -0.3 is 20.3 Å². The zero-order valence-corrected chi connectivity index (χ0v) is 24.0. The van der Waals surface area contributed by atoms with Crippen molar-refractivity contribution in [3.05, 3.63) is 87.1 Å². The molecule has 0 radical (unpaired) electrons. The van der Waals surface area contributed by atoms with Gasteiger partial charge in [0, 0.05) is 42.0 Å². The Morgan fingerprint density at radius 3 is 2.34 bits per heavy atom. The van der Waals surface area contributed by atoms with Crippen LogP contribution in [0.5, 0.6) is 0 Å². The molecule has 2 atom stereocenters. The molecule has 0 saturated carbocycles. The number of halogens is 5. The fourth-order valence-electron chi connectivity index (χ4n) is 4.77. The van der Waals surface area contributed by atoms with E-state index in [0.29, 0.717) is 45.6 Å². The second-order valence-electron chi connectivity index (χ2n) is 10.2. The number of aromatic nitrogens is 3. The first-order valence-electron chi connectivity index (χ1n) is 13.4. The number of nitrogens with one attached hydrogen (secondary N) is 2. The average molecular weight is 618 g/mol. The fourth-order valence-corrected chi connectivity index (χ4v) is 4.77. The first-order chi connectivity index (χ1) is 20.6. The minimum absolute atomic E-state index is 0.137. The molecule has 232 valence electrons. The summed E-state index contributed by atoms with van der Waals surface area (Å²) in [5.41, 5.74) is 0.521. The molecular weight excluding hydrogens is 589 g/mol. The topological polar surface area (TPSA) is 126 Å². The van der Waals surface area contributed by atoms with Crippen molar-refractivity contribution < 1.29 is 36.6 Å². The molecule has 4 aromatic rings. The lowest BCUT2D eigenvalue weighted by Gasteiger charge is -2.22. The molecule has 0 aliphatic carbocycles. The number of aryl methyl sites for hydroxylation is 1. The molecule has 4 rings (SSSR count). The molecule has 9 nitrogen and oxygen atoms in total. The maximum atomic E-state index is 14.8. The van der Waals surface area contributed by atoms with E-state index in [4.69, 9.17) is 0 Å². The predicted molar refractivity (Wildman–Crippen MR) is 152 cm³/mol. The Kier molecular flexibility index (Phi) is 9.02. The lowest BCUT2D eigenvalue weighted by molar-refractivity contribution is -0.143. The molecular formula is C30H28F5N5O4. The lowest BCUT2D eigenvalue weighted by Crippen LogP contribution is -2.43. The zero-order valence-electron chi connectivity index (χ0n) is 24.0. The Morgan fingerprint density at radius 2 is 1.75 bits per heavy atom. The maximum absolute atomic E-state index is 14.8. The number of amides is 1. The number of rotatable bonds is 9. The lowest BCUT2D eigenvalue weighted by atomic mass is 9.96. The quantitative estimate of drug-likeness (QED) is 0.224. The van der Waals surface area contributed by atoms with Crippen LogP contribution in [0.3, 0.4) is 0 Å². The third kappa shape index (κ3) is 6.38. The Bertz CT molecular complexity index is 1800. The first-order valence-corrected chi connectivity index (χ1v) is 13.4. The van der Waals surface area contributed by atoms with E-state index in [2.05, 4.69) is 15.3 Å². The van der Waals surface area contributed by atoms with Crippen LogP contribution in [0.2, 0.25) is 0 Å². The van der Waals surface area contributed by atoms with E-state index in [1.54, 1.807) is 45.2 Å². The van der Waals surface area contributed by atoms with Crippen LogP contribution in [-0.4, -0.2) is 49.8 Å². The van der Waals surface area contributed by atoms with Crippen LogP contribution in [0.15, 0.2) is 47.4 Å². The Balaban J connectivity index is 1.65. The summed E-state index contributed by atoms with van der Waals surface area (Å²) in [6.45, 7) is 4.74. The van der Waals surface area contributed by atoms with Crippen molar-refractivity contribution in [2.75, 3.05) is 5.32 Å². The van der Waals surface area contributed by atoms with Gasteiger partial charge in [-0.05, 0) is 44.0 Å². The number of hydrogen-bond acceptors (Lipinski definition) is 6. The van der Waals surface area contributed by atoms with Crippen molar-refractivity contribution in [2.45, 2.75) is 51.9 Å². The van der Waals surface area contributed by atoms with E-state index in [9.17, 15) is 41.4 Å². The van der Waals surface area contributed by atoms with E-state index in [-0.39, 0.29) is 17.7 Å². The van der Waals surface area contributed by atoms with Crippen molar-refractivity contribution >= 4 is 28.5 Å². The number of anilines is 1. The average Bonchev–Trinajstić information content (AvgIpc) is 2.95. The largest absolute Gasteiger partial charge is 0.480 e. The monoisotopic (exact) mass is 617 g/mol. The second kappa shape index (κ2) is 12.4. The molecule has 3 N–H and O–H groups in total.